The fourth-order valence-corrected chi connectivity index (χ4v) is 2.52. The third-order valence-electron chi connectivity index (χ3n) is 3.33. The van der Waals surface area contributed by atoms with E-state index < -0.39 is 10.8 Å². The van der Waals surface area contributed by atoms with Crippen LogP contribution in [0.2, 0.25) is 0 Å². The molecule has 0 saturated carbocycles. The van der Waals surface area contributed by atoms with E-state index in [-0.39, 0.29) is 0 Å². The van der Waals surface area contributed by atoms with Crippen LogP contribution in [0.25, 0.3) is 22.6 Å². The Kier molecular flexibility index (Phi) is 4.57. The topological polar surface area (TPSA) is 77.1 Å². The molecule has 7 heteroatoms. The molecule has 0 aliphatic rings. The number of rotatable bonds is 6. The summed E-state index contributed by atoms with van der Waals surface area (Å²) in [7, 11) is 0.734. The molecule has 1 N–H and O–H groups in total. The molecule has 0 aliphatic heterocycles. The van der Waals surface area contributed by atoms with Gasteiger partial charge in [0, 0.05) is 29.3 Å². The Morgan fingerprint density at radius 1 is 1.30 bits per heavy atom. The first-order valence-corrected chi connectivity index (χ1v) is 8.82. The Hall–Kier alpha value is -2.41. The lowest BCUT2D eigenvalue weighted by atomic mass is 10.2. The first-order chi connectivity index (χ1) is 11.2. The molecule has 0 bridgehead atoms. The van der Waals surface area contributed by atoms with Crippen LogP contribution in [0.5, 0.6) is 11.5 Å². The molecular weight excluding hydrogens is 314 g/mol. The monoisotopic (exact) mass is 331 g/mol. The maximum Gasteiger partial charge on any atom is 0.178 e. The lowest BCUT2D eigenvalue weighted by Gasteiger charge is -2.10. The number of hydrogen-bond acceptors (Lipinski definition) is 5. The number of imidazole rings is 1. The average molecular weight is 331 g/mol. The standard InChI is InChI=1S/C16H17N3O3S/c1-21-14-10-11(22-8-9-23(2)20)5-6-12(14)15-18-13-4-3-7-17-16(13)19-15/h3-7,10H,8-9H2,1-2H3,(H,17,18,19). The van der Waals surface area contributed by atoms with Gasteiger partial charge in [0.1, 0.15) is 17.3 Å². The number of methoxy groups -OCH3 is 1. The Morgan fingerprint density at radius 3 is 2.91 bits per heavy atom. The zero-order chi connectivity index (χ0) is 16.2. The first kappa shape index (κ1) is 15.5. The fraction of sp³-hybridized carbons (Fsp3) is 0.250. The molecule has 3 aromatic rings. The summed E-state index contributed by atoms with van der Waals surface area (Å²) in [4.78, 5) is 11.9. The maximum atomic E-state index is 11.1. The Bertz CT molecular complexity index is 814. The molecule has 0 radical (unpaired) electrons. The minimum Gasteiger partial charge on any atom is -0.496 e. The number of aromatic nitrogens is 3. The number of hydrogen-bond donors (Lipinski definition) is 1. The summed E-state index contributed by atoms with van der Waals surface area (Å²) >= 11 is 0. The average Bonchev–Trinajstić information content (AvgIpc) is 2.98. The number of H-pyrrole nitrogens is 1. The molecule has 2 heterocycles. The van der Waals surface area contributed by atoms with Crippen LogP contribution in [0.4, 0.5) is 0 Å². The van der Waals surface area contributed by atoms with Crippen molar-refractivity contribution < 1.29 is 13.7 Å². The quantitative estimate of drug-likeness (QED) is 0.750. The van der Waals surface area contributed by atoms with Crippen LogP contribution in [-0.2, 0) is 10.8 Å². The van der Waals surface area contributed by atoms with E-state index in [0.717, 1.165) is 11.1 Å². The van der Waals surface area contributed by atoms with Crippen molar-refractivity contribution in [1.82, 2.24) is 15.0 Å². The van der Waals surface area contributed by atoms with Crippen LogP contribution in [0.15, 0.2) is 36.5 Å². The second-order valence-electron chi connectivity index (χ2n) is 4.95. The van der Waals surface area contributed by atoms with Crippen molar-refractivity contribution in [2.24, 2.45) is 0 Å². The van der Waals surface area contributed by atoms with E-state index in [1.807, 2.05) is 24.3 Å². The van der Waals surface area contributed by atoms with Gasteiger partial charge in [0.15, 0.2) is 5.65 Å². The number of aromatic amines is 1. The molecule has 120 valence electrons. The van der Waals surface area contributed by atoms with Gasteiger partial charge in [-0.1, -0.05) is 0 Å². The van der Waals surface area contributed by atoms with Crippen molar-refractivity contribution in [3.8, 4) is 22.9 Å². The minimum absolute atomic E-state index is 0.403. The molecule has 1 aromatic carbocycles. The van der Waals surface area contributed by atoms with Crippen molar-refractivity contribution in [3.05, 3.63) is 36.5 Å². The smallest absolute Gasteiger partial charge is 0.178 e. The molecule has 2 aromatic heterocycles. The summed E-state index contributed by atoms with van der Waals surface area (Å²) in [6.07, 6.45) is 3.36. The van der Waals surface area contributed by atoms with Gasteiger partial charge in [-0.2, -0.15) is 0 Å². The summed E-state index contributed by atoms with van der Waals surface area (Å²) in [5, 5.41) is 0. The van der Waals surface area contributed by atoms with Gasteiger partial charge in [0.05, 0.1) is 30.5 Å². The Balaban J connectivity index is 1.88. The van der Waals surface area contributed by atoms with Crippen LogP contribution >= 0.6 is 0 Å². The molecule has 6 nitrogen and oxygen atoms in total. The van der Waals surface area contributed by atoms with Gasteiger partial charge in [0.2, 0.25) is 0 Å². The number of nitrogens with one attached hydrogen (secondary N) is 1. The van der Waals surface area contributed by atoms with Gasteiger partial charge in [-0.05, 0) is 24.3 Å². The van der Waals surface area contributed by atoms with Crippen LogP contribution in [-0.4, -0.2) is 44.9 Å². The number of benzene rings is 1. The minimum atomic E-state index is -0.868. The molecule has 0 amide bonds. The number of fused-ring (bicyclic) bond motifs is 1. The molecular formula is C16H17N3O3S. The van der Waals surface area contributed by atoms with Gasteiger partial charge in [-0.25, -0.2) is 9.97 Å². The summed E-state index contributed by atoms with van der Waals surface area (Å²) in [5.74, 6) is 2.51. The number of nitrogens with zero attached hydrogens (tertiary/aromatic N) is 2. The second kappa shape index (κ2) is 6.78. The summed E-state index contributed by atoms with van der Waals surface area (Å²) in [5.41, 5.74) is 2.36. The van der Waals surface area contributed by atoms with E-state index in [9.17, 15) is 4.21 Å². The van der Waals surface area contributed by atoms with Crippen LogP contribution < -0.4 is 9.47 Å². The molecule has 0 saturated heterocycles. The fourth-order valence-electron chi connectivity index (χ4n) is 2.21. The van der Waals surface area contributed by atoms with Gasteiger partial charge < -0.3 is 14.5 Å². The highest BCUT2D eigenvalue weighted by Gasteiger charge is 2.12. The molecule has 1 atom stereocenters. The number of ether oxygens (including phenoxy) is 2. The SMILES string of the molecule is COc1cc(OCCS(C)=O)ccc1-c1nc2ncccc2[nH]1. The van der Waals surface area contributed by atoms with Gasteiger partial charge in [-0.15, -0.1) is 0 Å². The van der Waals surface area contributed by atoms with Crippen LogP contribution in [0, 0.1) is 0 Å². The third-order valence-corrected chi connectivity index (χ3v) is 4.07. The predicted octanol–water partition coefficient (Wildman–Crippen LogP) is 2.39. The number of pyridine rings is 1. The van der Waals surface area contributed by atoms with Crippen molar-refractivity contribution in [3.63, 3.8) is 0 Å². The summed E-state index contributed by atoms with van der Waals surface area (Å²) < 4.78 is 22.1. The molecule has 0 aliphatic carbocycles. The Labute approximate surface area is 136 Å². The van der Waals surface area contributed by atoms with Crippen molar-refractivity contribution in [2.45, 2.75) is 0 Å². The maximum absolute atomic E-state index is 11.1. The van der Waals surface area contributed by atoms with E-state index in [0.29, 0.717) is 35.3 Å². The van der Waals surface area contributed by atoms with Gasteiger partial charge in [-0.3, -0.25) is 4.21 Å². The molecule has 0 spiro atoms. The van der Waals surface area contributed by atoms with Crippen molar-refractivity contribution in [2.75, 3.05) is 25.7 Å². The highest BCUT2D eigenvalue weighted by atomic mass is 32.2. The van der Waals surface area contributed by atoms with Crippen molar-refractivity contribution in [1.29, 1.82) is 0 Å². The Morgan fingerprint density at radius 2 is 2.17 bits per heavy atom. The molecule has 0 fully saturated rings. The highest BCUT2D eigenvalue weighted by Crippen LogP contribution is 2.32. The van der Waals surface area contributed by atoms with Crippen LogP contribution in [0.3, 0.4) is 0 Å². The zero-order valence-electron chi connectivity index (χ0n) is 12.9. The molecule has 1 unspecified atom stereocenters. The molecule has 23 heavy (non-hydrogen) atoms. The highest BCUT2D eigenvalue weighted by molar-refractivity contribution is 7.84. The summed E-state index contributed by atoms with van der Waals surface area (Å²) in [6, 6.07) is 9.31. The summed E-state index contributed by atoms with van der Waals surface area (Å²) in [6.45, 7) is 0.403. The van der Waals surface area contributed by atoms with Crippen molar-refractivity contribution >= 4 is 22.0 Å². The third kappa shape index (κ3) is 3.50. The zero-order valence-corrected chi connectivity index (χ0v) is 13.7. The van der Waals surface area contributed by atoms with Gasteiger partial charge in [0.25, 0.3) is 0 Å². The van der Waals surface area contributed by atoms with E-state index >= 15 is 0 Å². The van der Waals surface area contributed by atoms with Crippen LogP contribution in [0.1, 0.15) is 0 Å². The largest absolute Gasteiger partial charge is 0.496 e. The normalized spacial score (nSPS) is 12.3. The van der Waals surface area contributed by atoms with E-state index in [1.54, 1.807) is 25.6 Å². The van der Waals surface area contributed by atoms with E-state index in [2.05, 4.69) is 15.0 Å². The second-order valence-corrected chi connectivity index (χ2v) is 6.50. The van der Waals surface area contributed by atoms with E-state index in [4.69, 9.17) is 9.47 Å². The van der Waals surface area contributed by atoms with Gasteiger partial charge >= 0.3 is 0 Å². The molecule has 3 rings (SSSR count). The lowest BCUT2D eigenvalue weighted by Crippen LogP contribution is -2.07. The lowest BCUT2D eigenvalue weighted by molar-refractivity contribution is 0.339. The first-order valence-electron chi connectivity index (χ1n) is 7.09. The van der Waals surface area contributed by atoms with E-state index in [1.165, 1.54) is 0 Å². The predicted molar refractivity (Wildman–Crippen MR) is 90.3 cm³/mol.